The van der Waals surface area contributed by atoms with Gasteiger partial charge in [0.05, 0.1) is 12.5 Å². The third-order valence-electron chi connectivity index (χ3n) is 5.28. The third kappa shape index (κ3) is 4.86. The first kappa shape index (κ1) is 19.3. The largest absolute Gasteiger partial charge is 0.352 e. The molecular weight excluding hydrogens is 366 g/mol. The smallest absolute Gasteiger partial charge is 0.241 e. The lowest BCUT2D eigenvalue weighted by Gasteiger charge is -2.30. The fraction of sp³-hybridized carbons (Fsp3) is 0.364. The van der Waals surface area contributed by atoms with Gasteiger partial charge in [-0.2, -0.15) is 4.98 Å². The average molecular weight is 391 g/mol. The van der Waals surface area contributed by atoms with E-state index < -0.39 is 0 Å². The number of piperidine rings is 1. The van der Waals surface area contributed by atoms with Gasteiger partial charge in [-0.1, -0.05) is 35.5 Å². The van der Waals surface area contributed by atoms with E-state index in [1.165, 1.54) is 0 Å². The summed E-state index contributed by atoms with van der Waals surface area (Å²) in [5.41, 5.74) is 3.10. The van der Waals surface area contributed by atoms with E-state index in [-0.39, 0.29) is 11.8 Å². The zero-order valence-corrected chi connectivity index (χ0v) is 16.5. The summed E-state index contributed by atoms with van der Waals surface area (Å²) in [6, 6.07) is 11.8. The molecule has 1 fully saturated rings. The topological polar surface area (TPSA) is 84.2 Å². The third-order valence-corrected chi connectivity index (χ3v) is 5.28. The Morgan fingerprint density at radius 2 is 2.17 bits per heavy atom. The molecule has 29 heavy (non-hydrogen) atoms. The average Bonchev–Trinajstić information content (AvgIpc) is 3.21. The van der Waals surface area contributed by atoms with Crippen LogP contribution in [0.1, 0.15) is 29.9 Å². The summed E-state index contributed by atoms with van der Waals surface area (Å²) in [7, 11) is 0. The van der Waals surface area contributed by atoms with E-state index in [0.29, 0.717) is 31.3 Å². The Morgan fingerprint density at radius 3 is 3.00 bits per heavy atom. The number of aryl methyl sites for hydroxylation is 1. The highest BCUT2D eigenvalue weighted by Gasteiger charge is 2.26. The van der Waals surface area contributed by atoms with Crippen LogP contribution in [0.5, 0.6) is 0 Å². The normalized spacial score (nSPS) is 17.2. The number of carbonyl (C=O) groups excluding carboxylic acids is 1. The van der Waals surface area contributed by atoms with Crippen molar-refractivity contribution >= 4 is 5.91 Å². The van der Waals surface area contributed by atoms with Crippen molar-refractivity contribution in [2.75, 3.05) is 13.1 Å². The molecule has 1 N–H and O–H groups in total. The van der Waals surface area contributed by atoms with Crippen LogP contribution >= 0.6 is 0 Å². The summed E-state index contributed by atoms with van der Waals surface area (Å²) >= 11 is 0. The van der Waals surface area contributed by atoms with Crippen molar-refractivity contribution in [3.05, 3.63) is 65.8 Å². The molecule has 1 unspecified atom stereocenters. The fourth-order valence-electron chi connectivity index (χ4n) is 3.69. The molecule has 1 aliphatic heterocycles. The van der Waals surface area contributed by atoms with Crippen LogP contribution in [0.25, 0.3) is 11.4 Å². The second-order valence-electron chi connectivity index (χ2n) is 7.48. The van der Waals surface area contributed by atoms with Crippen LogP contribution in [0, 0.1) is 12.8 Å². The van der Waals surface area contributed by atoms with Gasteiger partial charge in [-0.25, -0.2) is 0 Å². The Kier molecular flexibility index (Phi) is 5.95. The van der Waals surface area contributed by atoms with Crippen LogP contribution in [0.4, 0.5) is 0 Å². The number of carbonyl (C=O) groups is 1. The Morgan fingerprint density at radius 1 is 1.28 bits per heavy atom. The van der Waals surface area contributed by atoms with Crippen LogP contribution in [0.15, 0.2) is 53.3 Å². The van der Waals surface area contributed by atoms with Gasteiger partial charge < -0.3 is 9.84 Å². The minimum absolute atomic E-state index is 0.0285. The summed E-state index contributed by atoms with van der Waals surface area (Å²) in [6.45, 7) is 4.72. The maximum absolute atomic E-state index is 12.6. The summed E-state index contributed by atoms with van der Waals surface area (Å²) in [5.74, 6) is 1.25. The number of benzene rings is 1. The van der Waals surface area contributed by atoms with E-state index in [9.17, 15) is 4.79 Å². The lowest BCUT2D eigenvalue weighted by atomic mass is 9.97. The van der Waals surface area contributed by atoms with Crippen molar-refractivity contribution in [3.8, 4) is 11.4 Å². The molecule has 1 aromatic carbocycles. The number of aromatic nitrogens is 3. The lowest BCUT2D eigenvalue weighted by molar-refractivity contribution is -0.127. The molecule has 4 rings (SSSR count). The maximum atomic E-state index is 12.6. The zero-order chi connectivity index (χ0) is 20.1. The van der Waals surface area contributed by atoms with Crippen molar-refractivity contribution in [1.82, 2.24) is 25.3 Å². The second kappa shape index (κ2) is 8.96. The van der Waals surface area contributed by atoms with E-state index in [4.69, 9.17) is 4.52 Å². The van der Waals surface area contributed by atoms with Crippen LogP contribution in [0.2, 0.25) is 0 Å². The highest BCUT2D eigenvalue weighted by Crippen LogP contribution is 2.22. The van der Waals surface area contributed by atoms with Gasteiger partial charge in [-0.15, -0.1) is 0 Å². The number of likely N-dealkylation sites (tertiary alicyclic amines) is 1. The molecule has 1 amide bonds. The molecule has 0 spiro atoms. The first-order valence-electron chi connectivity index (χ1n) is 9.96. The number of nitrogens with one attached hydrogen (secondary N) is 1. The molecule has 1 aliphatic rings. The second-order valence-corrected chi connectivity index (χ2v) is 7.48. The molecule has 3 heterocycles. The molecule has 150 valence electrons. The number of pyridine rings is 1. The molecule has 0 saturated carbocycles. The minimum atomic E-state index is -0.0285. The highest BCUT2D eigenvalue weighted by atomic mass is 16.5. The molecule has 0 radical (unpaired) electrons. The van der Waals surface area contributed by atoms with Crippen LogP contribution < -0.4 is 5.32 Å². The molecule has 0 aliphatic carbocycles. The molecule has 7 heteroatoms. The maximum Gasteiger partial charge on any atom is 0.241 e. The number of amides is 1. The molecule has 7 nitrogen and oxygen atoms in total. The highest BCUT2D eigenvalue weighted by molar-refractivity contribution is 5.78. The number of nitrogens with zero attached hydrogens (tertiary/aromatic N) is 4. The van der Waals surface area contributed by atoms with Gasteiger partial charge in [0, 0.05) is 31.0 Å². The SMILES string of the molecule is Cc1ccccc1-c1noc(CN2CCCC(C(=O)NCc3cccnc3)C2)n1. The van der Waals surface area contributed by atoms with E-state index in [0.717, 1.165) is 36.1 Å². The van der Waals surface area contributed by atoms with Gasteiger partial charge in [0.1, 0.15) is 0 Å². The van der Waals surface area contributed by atoms with Crippen molar-refractivity contribution < 1.29 is 9.32 Å². The molecule has 1 saturated heterocycles. The number of hydrogen-bond acceptors (Lipinski definition) is 6. The summed E-state index contributed by atoms with van der Waals surface area (Å²) < 4.78 is 5.47. The Bertz CT molecular complexity index is 957. The van der Waals surface area contributed by atoms with Crippen molar-refractivity contribution in [3.63, 3.8) is 0 Å². The van der Waals surface area contributed by atoms with Gasteiger partial charge in [0.25, 0.3) is 0 Å². The lowest BCUT2D eigenvalue weighted by Crippen LogP contribution is -2.42. The van der Waals surface area contributed by atoms with E-state index in [1.807, 2.05) is 43.3 Å². The molecular formula is C22H25N5O2. The molecule has 1 atom stereocenters. The van der Waals surface area contributed by atoms with Gasteiger partial charge in [-0.3, -0.25) is 14.7 Å². The molecule has 2 aromatic heterocycles. The van der Waals surface area contributed by atoms with Crippen LogP contribution in [-0.4, -0.2) is 39.0 Å². The Hall–Kier alpha value is -3.06. The predicted molar refractivity (Wildman–Crippen MR) is 109 cm³/mol. The Balaban J connectivity index is 1.33. The van der Waals surface area contributed by atoms with E-state index in [2.05, 4.69) is 25.3 Å². The van der Waals surface area contributed by atoms with E-state index >= 15 is 0 Å². The van der Waals surface area contributed by atoms with Crippen molar-refractivity contribution in [2.45, 2.75) is 32.9 Å². The van der Waals surface area contributed by atoms with E-state index in [1.54, 1.807) is 12.4 Å². The van der Waals surface area contributed by atoms with Gasteiger partial charge in [-0.05, 0) is 43.5 Å². The first-order valence-corrected chi connectivity index (χ1v) is 9.96. The quantitative estimate of drug-likeness (QED) is 0.695. The first-order chi connectivity index (χ1) is 14.2. The van der Waals surface area contributed by atoms with Crippen LogP contribution in [0.3, 0.4) is 0 Å². The summed E-state index contributed by atoms with van der Waals surface area (Å²) in [5, 5.41) is 7.16. The number of hydrogen-bond donors (Lipinski definition) is 1. The molecule has 0 bridgehead atoms. The van der Waals surface area contributed by atoms with Crippen LogP contribution in [-0.2, 0) is 17.9 Å². The fourth-order valence-corrected chi connectivity index (χ4v) is 3.69. The molecule has 3 aromatic rings. The summed E-state index contributed by atoms with van der Waals surface area (Å²) in [6.07, 6.45) is 5.37. The number of rotatable bonds is 6. The minimum Gasteiger partial charge on any atom is -0.352 e. The van der Waals surface area contributed by atoms with Gasteiger partial charge in [0.2, 0.25) is 17.6 Å². The van der Waals surface area contributed by atoms with Crippen molar-refractivity contribution in [1.29, 1.82) is 0 Å². The Labute approximate surface area is 170 Å². The summed E-state index contributed by atoms with van der Waals surface area (Å²) in [4.78, 5) is 23.4. The standard InChI is InChI=1S/C22H25N5O2/c1-16-6-2-3-9-19(16)21-25-20(29-26-21)15-27-11-5-8-18(14-27)22(28)24-13-17-7-4-10-23-12-17/h2-4,6-7,9-10,12,18H,5,8,11,13-15H2,1H3,(H,24,28). The monoisotopic (exact) mass is 391 g/mol. The predicted octanol–water partition coefficient (Wildman–Crippen LogP) is 2.97. The van der Waals surface area contributed by atoms with Crippen molar-refractivity contribution in [2.24, 2.45) is 5.92 Å². The zero-order valence-electron chi connectivity index (χ0n) is 16.5. The van der Waals surface area contributed by atoms with Gasteiger partial charge >= 0.3 is 0 Å². The van der Waals surface area contributed by atoms with Gasteiger partial charge in [0.15, 0.2) is 0 Å².